The molecule has 0 spiro atoms. The zero-order valence-corrected chi connectivity index (χ0v) is 10.6. The van der Waals surface area contributed by atoms with Gasteiger partial charge in [0.05, 0.1) is 12.0 Å². The molecule has 0 unspecified atom stereocenters. The van der Waals surface area contributed by atoms with Gasteiger partial charge in [0.1, 0.15) is 0 Å². The maximum Gasteiger partial charge on any atom is 0.332 e. The smallest absolute Gasteiger partial charge is 0.332 e. The lowest BCUT2D eigenvalue weighted by Gasteiger charge is -1.94. The van der Waals surface area contributed by atoms with Gasteiger partial charge in [0.25, 0.3) is 0 Å². The second-order valence-corrected chi connectivity index (χ2v) is 3.35. The largest absolute Gasteiger partial charge is 0.481 e. The number of carboxylic acids is 5. The van der Waals surface area contributed by atoms with Crippen LogP contribution in [0.15, 0.2) is 23.3 Å². The van der Waals surface area contributed by atoms with Crippen molar-refractivity contribution in [2.75, 3.05) is 0 Å². The molecule has 116 valence electrons. The fraction of sp³-hybridized carbons (Fsp3) is 0.182. The maximum atomic E-state index is 10.2. The molecule has 0 bridgehead atoms. The molecule has 0 aromatic carbocycles. The van der Waals surface area contributed by atoms with Crippen LogP contribution in [-0.4, -0.2) is 55.4 Å². The van der Waals surface area contributed by atoms with Gasteiger partial charge in [-0.3, -0.25) is 4.79 Å². The van der Waals surface area contributed by atoms with Crippen LogP contribution in [0, 0.1) is 0 Å². The van der Waals surface area contributed by atoms with Gasteiger partial charge in [-0.25, -0.2) is 19.2 Å². The van der Waals surface area contributed by atoms with Crippen molar-refractivity contribution in [1.82, 2.24) is 0 Å². The molecule has 0 aromatic rings. The van der Waals surface area contributed by atoms with Crippen molar-refractivity contribution in [1.29, 1.82) is 0 Å². The lowest BCUT2D eigenvalue weighted by molar-refractivity contribution is -0.140. The van der Waals surface area contributed by atoms with E-state index >= 15 is 0 Å². The highest BCUT2D eigenvalue weighted by Gasteiger charge is 2.12. The molecule has 0 aromatic heterocycles. The summed E-state index contributed by atoms with van der Waals surface area (Å²) in [6.07, 6.45) is 0.195. The van der Waals surface area contributed by atoms with E-state index < -0.39 is 41.8 Å². The SMILES string of the molecule is C/C(=C/C(=O)O)C(=O)O.O=C(O)C=C(CC(=O)O)C(=O)O. The molecule has 0 radical (unpaired) electrons. The first-order chi connectivity index (χ1) is 9.47. The highest BCUT2D eigenvalue weighted by Crippen LogP contribution is 2.00. The molecule has 0 aliphatic rings. The Balaban J connectivity index is 0. The highest BCUT2D eigenvalue weighted by molar-refractivity contribution is 5.98. The zero-order valence-electron chi connectivity index (χ0n) is 10.6. The Hall–Kier alpha value is -3.17. The van der Waals surface area contributed by atoms with E-state index in [1.807, 2.05) is 0 Å². The van der Waals surface area contributed by atoms with Gasteiger partial charge in [0, 0.05) is 17.7 Å². The third-order valence-corrected chi connectivity index (χ3v) is 1.59. The monoisotopic (exact) mass is 304 g/mol. The minimum atomic E-state index is -1.54. The van der Waals surface area contributed by atoms with E-state index in [4.69, 9.17) is 25.5 Å². The van der Waals surface area contributed by atoms with Crippen LogP contribution in [0.25, 0.3) is 0 Å². The fourth-order valence-corrected chi connectivity index (χ4v) is 0.747. The van der Waals surface area contributed by atoms with E-state index in [0.717, 1.165) is 0 Å². The number of aliphatic carboxylic acids is 5. The molecular weight excluding hydrogens is 292 g/mol. The van der Waals surface area contributed by atoms with Crippen molar-refractivity contribution in [2.24, 2.45) is 0 Å². The third-order valence-electron chi connectivity index (χ3n) is 1.59. The van der Waals surface area contributed by atoms with Gasteiger partial charge >= 0.3 is 29.8 Å². The molecule has 0 aliphatic carbocycles. The van der Waals surface area contributed by atoms with E-state index in [1.54, 1.807) is 0 Å². The molecule has 0 saturated heterocycles. The van der Waals surface area contributed by atoms with E-state index in [9.17, 15) is 24.0 Å². The first-order valence-electron chi connectivity index (χ1n) is 5.00. The quantitative estimate of drug-likeness (QED) is 0.406. The van der Waals surface area contributed by atoms with E-state index in [-0.39, 0.29) is 5.57 Å². The molecule has 21 heavy (non-hydrogen) atoms. The van der Waals surface area contributed by atoms with Crippen LogP contribution in [0.5, 0.6) is 0 Å². The van der Waals surface area contributed by atoms with Crippen LogP contribution in [-0.2, 0) is 24.0 Å². The van der Waals surface area contributed by atoms with Crippen molar-refractivity contribution in [3.63, 3.8) is 0 Å². The Bertz CT molecular complexity index is 511. The number of carbonyl (C=O) groups is 5. The lowest BCUT2D eigenvalue weighted by atomic mass is 10.2. The second-order valence-electron chi connectivity index (χ2n) is 3.35. The topological polar surface area (TPSA) is 186 Å². The van der Waals surface area contributed by atoms with E-state index in [2.05, 4.69) is 0 Å². The molecule has 0 rings (SSSR count). The molecule has 10 heteroatoms. The molecule has 0 saturated carbocycles. The summed E-state index contributed by atoms with van der Waals surface area (Å²) < 4.78 is 0. The summed E-state index contributed by atoms with van der Waals surface area (Å²) in [4.78, 5) is 49.8. The highest BCUT2D eigenvalue weighted by atomic mass is 16.4. The van der Waals surface area contributed by atoms with Crippen LogP contribution in [0.4, 0.5) is 0 Å². The predicted octanol–water partition coefficient (Wildman–Crippen LogP) is -0.341. The predicted molar refractivity (Wildman–Crippen MR) is 64.6 cm³/mol. The van der Waals surface area contributed by atoms with Crippen LogP contribution < -0.4 is 0 Å². The van der Waals surface area contributed by atoms with Gasteiger partial charge in [-0.15, -0.1) is 0 Å². The first kappa shape index (κ1) is 20.2. The number of hydrogen-bond acceptors (Lipinski definition) is 5. The number of rotatable bonds is 6. The molecule has 5 N–H and O–H groups in total. The fourth-order valence-electron chi connectivity index (χ4n) is 0.747. The summed E-state index contributed by atoms with van der Waals surface area (Å²) in [6.45, 7) is 1.22. The number of carboxylic acid groups (broad SMARTS) is 5. The van der Waals surface area contributed by atoms with Crippen LogP contribution in [0.2, 0.25) is 0 Å². The van der Waals surface area contributed by atoms with Gasteiger partial charge in [0.2, 0.25) is 0 Å². The number of hydrogen-bond donors (Lipinski definition) is 5. The minimum absolute atomic E-state index is 0.178. The van der Waals surface area contributed by atoms with Crippen molar-refractivity contribution in [3.05, 3.63) is 23.3 Å². The average molecular weight is 304 g/mol. The zero-order chi connectivity index (χ0) is 17.2. The van der Waals surface area contributed by atoms with Gasteiger partial charge < -0.3 is 25.5 Å². The van der Waals surface area contributed by atoms with E-state index in [0.29, 0.717) is 12.2 Å². The Morgan fingerprint density at radius 3 is 1.38 bits per heavy atom. The van der Waals surface area contributed by atoms with E-state index in [1.165, 1.54) is 6.92 Å². The van der Waals surface area contributed by atoms with Gasteiger partial charge in [-0.05, 0) is 6.92 Å². The Morgan fingerprint density at radius 1 is 0.762 bits per heavy atom. The summed E-state index contributed by atoms with van der Waals surface area (Å²) in [5, 5.41) is 40.6. The standard InChI is InChI=1S/C6H6O6.C5H6O4/c7-4(8)1-3(6(11)12)2-5(9)10;1-3(5(8)9)2-4(6)7/h1H,2H2,(H,7,8)(H,9,10)(H,11,12);2H,1H3,(H,6,7)(H,8,9)/b;3-2-. The third kappa shape index (κ3) is 13.1. The van der Waals surface area contributed by atoms with Crippen molar-refractivity contribution in [3.8, 4) is 0 Å². The van der Waals surface area contributed by atoms with Crippen LogP contribution in [0.1, 0.15) is 13.3 Å². The second kappa shape index (κ2) is 9.72. The van der Waals surface area contributed by atoms with Crippen molar-refractivity contribution in [2.45, 2.75) is 13.3 Å². The molecule has 0 atom stereocenters. The van der Waals surface area contributed by atoms with Gasteiger partial charge in [0.15, 0.2) is 0 Å². The maximum absolute atomic E-state index is 10.2. The Labute approximate surface area is 117 Å². The summed E-state index contributed by atoms with van der Waals surface area (Å²) >= 11 is 0. The summed E-state index contributed by atoms with van der Waals surface area (Å²) in [5.41, 5.74) is -0.836. The normalized spacial score (nSPS) is 10.9. The summed E-state index contributed by atoms with van der Waals surface area (Å²) in [6, 6.07) is 0. The molecule has 0 aliphatic heterocycles. The average Bonchev–Trinajstić information content (AvgIpc) is 2.26. The summed E-state index contributed by atoms with van der Waals surface area (Å²) in [7, 11) is 0. The Morgan fingerprint density at radius 2 is 1.19 bits per heavy atom. The van der Waals surface area contributed by atoms with Crippen molar-refractivity contribution < 1.29 is 49.5 Å². The first-order valence-corrected chi connectivity index (χ1v) is 5.00. The molecule has 0 fully saturated rings. The van der Waals surface area contributed by atoms with Gasteiger partial charge in [-0.1, -0.05) is 0 Å². The van der Waals surface area contributed by atoms with Crippen LogP contribution in [0.3, 0.4) is 0 Å². The van der Waals surface area contributed by atoms with Gasteiger partial charge in [-0.2, -0.15) is 0 Å². The molecule has 10 nitrogen and oxygen atoms in total. The minimum Gasteiger partial charge on any atom is -0.481 e. The van der Waals surface area contributed by atoms with Crippen molar-refractivity contribution >= 4 is 29.8 Å². The molecule has 0 amide bonds. The molecular formula is C11H12O10. The lowest BCUT2D eigenvalue weighted by Crippen LogP contribution is -2.08. The summed E-state index contributed by atoms with van der Waals surface area (Å²) in [5.74, 6) is -6.86. The Kier molecular flexibility index (Phi) is 9.33. The molecule has 0 heterocycles. The van der Waals surface area contributed by atoms with Crippen LogP contribution >= 0.6 is 0 Å².